The molecule has 0 aliphatic heterocycles. The van der Waals surface area contributed by atoms with E-state index in [1.165, 1.54) is 11.1 Å². The monoisotopic (exact) mass is 391 g/mol. The van der Waals surface area contributed by atoms with Crippen LogP contribution >= 0.6 is 23.4 Å². The molecule has 0 saturated heterocycles. The fourth-order valence-corrected chi connectivity index (χ4v) is 3.59. The number of hydrogen-bond donors (Lipinski definition) is 1. The van der Waals surface area contributed by atoms with Crippen molar-refractivity contribution in [2.75, 3.05) is 12.3 Å². The van der Waals surface area contributed by atoms with Crippen LogP contribution in [0.15, 0.2) is 36.4 Å². The molecule has 0 bridgehead atoms. The normalized spacial score (nSPS) is 11.9. The summed E-state index contributed by atoms with van der Waals surface area (Å²) in [6.07, 6.45) is -0.521. The first-order valence-corrected chi connectivity index (χ1v) is 10.2. The van der Waals surface area contributed by atoms with Gasteiger partial charge in [0.05, 0.1) is 0 Å². The zero-order valence-electron chi connectivity index (χ0n) is 15.8. The number of ether oxygens (including phenoxy) is 1. The van der Waals surface area contributed by atoms with Crippen molar-refractivity contribution in [3.63, 3.8) is 0 Å². The summed E-state index contributed by atoms with van der Waals surface area (Å²) in [5.41, 5.74) is 4.57. The quantitative estimate of drug-likeness (QED) is 0.637. The van der Waals surface area contributed by atoms with Gasteiger partial charge in [-0.05, 0) is 68.1 Å². The molecule has 0 saturated carbocycles. The molecular weight excluding hydrogens is 366 g/mol. The molecule has 3 nitrogen and oxygen atoms in total. The third kappa shape index (κ3) is 6.26. The lowest BCUT2D eigenvalue weighted by molar-refractivity contribution is -0.127. The van der Waals surface area contributed by atoms with Crippen LogP contribution in [0.4, 0.5) is 0 Å². The maximum absolute atomic E-state index is 12.2. The second-order valence-electron chi connectivity index (χ2n) is 6.44. The number of benzene rings is 2. The molecule has 26 heavy (non-hydrogen) atoms. The number of carbonyl (C=O) groups excluding carboxylic acids is 1. The predicted molar refractivity (Wildman–Crippen MR) is 111 cm³/mol. The van der Waals surface area contributed by atoms with E-state index < -0.39 is 6.10 Å². The van der Waals surface area contributed by atoms with Crippen molar-refractivity contribution in [1.29, 1.82) is 0 Å². The van der Waals surface area contributed by atoms with Crippen molar-refractivity contribution in [1.82, 2.24) is 5.32 Å². The number of aryl methyl sites for hydroxylation is 2. The summed E-state index contributed by atoms with van der Waals surface area (Å²) in [4.78, 5) is 12.2. The Kier molecular flexibility index (Phi) is 7.85. The fraction of sp³-hybridized carbons (Fsp3) is 0.381. The van der Waals surface area contributed by atoms with E-state index in [1.54, 1.807) is 18.7 Å². The van der Waals surface area contributed by atoms with Gasteiger partial charge in [-0.15, -0.1) is 0 Å². The van der Waals surface area contributed by atoms with Crippen molar-refractivity contribution in [3.05, 3.63) is 63.7 Å². The highest BCUT2D eigenvalue weighted by Crippen LogP contribution is 2.24. The lowest BCUT2D eigenvalue weighted by atomic mass is 10.1. The van der Waals surface area contributed by atoms with E-state index in [0.29, 0.717) is 6.54 Å². The van der Waals surface area contributed by atoms with Gasteiger partial charge in [0.2, 0.25) is 0 Å². The number of nitrogens with one attached hydrogen (secondary N) is 1. The molecule has 0 aromatic heterocycles. The highest BCUT2D eigenvalue weighted by atomic mass is 35.5. The Hall–Kier alpha value is -1.65. The van der Waals surface area contributed by atoms with Crippen molar-refractivity contribution in [2.45, 2.75) is 39.6 Å². The number of hydrogen-bond acceptors (Lipinski definition) is 3. The summed E-state index contributed by atoms with van der Waals surface area (Å²) in [5, 5.41) is 3.69. The van der Waals surface area contributed by atoms with Gasteiger partial charge in [-0.2, -0.15) is 11.8 Å². The number of rotatable bonds is 8. The Labute approximate surface area is 165 Å². The highest BCUT2D eigenvalue weighted by Gasteiger charge is 2.16. The van der Waals surface area contributed by atoms with Gasteiger partial charge in [0.15, 0.2) is 6.10 Å². The molecule has 1 atom stereocenters. The van der Waals surface area contributed by atoms with Gasteiger partial charge in [-0.1, -0.05) is 29.8 Å². The van der Waals surface area contributed by atoms with Crippen molar-refractivity contribution < 1.29 is 9.53 Å². The first-order valence-electron chi connectivity index (χ1n) is 8.71. The second-order valence-corrected chi connectivity index (χ2v) is 7.98. The smallest absolute Gasteiger partial charge is 0.260 e. The number of amides is 1. The average molecular weight is 392 g/mol. The van der Waals surface area contributed by atoms with E-state index in [2.05, 4.69) is 24.4 Å². The molecule has 1 amide bonds. The van der Waals surface area contributed by atoms with E-state index in [9.17, 15) is 4.79 Å². The summed E-state index contributed by atoms with van der Waals surface area (Å²) < 4.78 is 5.87. The predicted octanol–water partition coefficient (Wildman–Crippen LogP) is 5.08. The van der Waals surface area contributed by atoms with E-state index >= 15 is 0 Å². The van der Waals surface area contributed by atoms with Crippen LogP contribution in [0.5, 0.6) is 5.75 Å². The van der Waals surface area contributed by atoms with Crippen molar-refractivity contribution >= 4 is 29.3 Å². The zero-order valence-corrected chi connectivity index (χ0v) is 17.3. The number of halogens is 1. The Bertz CT molecular complexity index is 764. The molecule has 0 heterocycles. The second kappa shape index (κ2) is 9.89. The Morgan fingerprint density at radius 2 is 2.00 bits per heavy atom. The maximum atomic E-state index is 12.2. The maximum Gasteiger partial charge on any atom is 0.260 e. The van der Waals surface area contributed by atoms with Crippen LogP contribution < -0.4 is 10.1 Å². The molecule has 0 spiro atoms. The van der Waals surface area contributed by atoms with Gasteiger partial charge < -0.3 is 10.1 Å². The van der Waals surface area contributed by atoms with E-state index in [0.717, 1.165) is 33.4 Å². The molecule has 0 unspecified atom stereocenters. The van der Waals surface area contributed by atoms with Gasteiger partial charge in [-0.25, -0.2) is 0 Å². The minimum atomic E-state index is -0.521. The molecule has 1 N–H and O–H groups in total. The highest BCUT2D eigenvalue weighted by molar-refractivity contribution is 7.98. The molecule has 0 aliphatic rings. The van der Waals surface area contributed by atoms with Gasteiger partial charge in [0.25, 0.3) is 5.91 Å². The molecule has 0 radical (unpaired) electrons. The number of thioether (sulfide) groups is 1. The third-order valence-corrected chi connectivity index (χ3v) is 5.41. The average Bonchev–Trinajstić information content (AvgIpc) is 2.58. The van der Waals surface area contributed by atoms with E-state index in [1.807, 2.05) is 38.1 Å². The van der Waals surface area contributed by atoms with Gasteiger partial charge in [-0.3, -0.25) is 4.79 Å². The van der Waals surface area contributed by atoms with E-state index in [4.69, 9.17) is 16.3 Å². The van der Waals surface area contributed by atoms with Crippen LogP contribution in [0, 0.1) is 20.8 Å². The van der Waals surface area contributed by atoms with Crippen LogP contribution in [0.25, 0.3) is 0 Å². The summed E-state index contributed by atoms with van der Waals surface area (Å²) in [6, 6.07) is 11.9. The van der Waals surface area contributed by atoms with Crippen molar-refractivity contribution in [3.8, 4) is 5.75 Å². The summed E-state index contributed by atoms with van der Waals surface area (Å²) in [6.45, 7) is 8.49. The van der Waals surface area contributed by atoms with Crippen molar-refractivity contribution in [2.24, 2.45) is 0 Å². The lowest BCUT2D eigenvalue weighted by Gasteiger charge is -2.18. The largest absolute Gasteiger partial charge is 0.481 e. The molecule has 0 aliphatic carbocycles. The van der Waals surface area contributed by atoms with Gasteiger partial charge in [0.1, 0.15) is 5.75 Å². The molecule has 0 fully saturated rings. The first-order chi connectivity index (χ1) is 12.4. The Morgan fingerprint density at radius 1 is 1.23 bits per heavy atom. The SMILES string of the molecule is Cc1cc(C)c(C)c(O[C@H](C)C(=O)NCCSCc2cccc(Cl)c2)c1. The summed E-state index contributed by atoms with van der Waals surface area (Å²) in [7, 11) is 0. The number of carbonyl (C=O) groups is 1. The van der Waals surface area contributed by atoms with Crippen LogP contribution in [0.2, 0.25) is 5.02 Å². The third-order valence-electron chi connectivity index (χ3n) is 4.14. The topological polar surface area (TPSA) is 38.3 Å². The molecule has 140 valence electrons. The first kappa shape index (κ1) is 20.7. The Balaban J connectivity index is 1.74. The van der Waals surface area contributed by atoms with Gasteiger partial charge >= 0.3 is 0 Å². The van der Waals surface area contributed by atoms with Crippen LogP contribution in [-0.4, -0.2) is 24.3 Å². The molecule has 2 rings (SSSR count). The van der Waals surface area contributed by atoms with Gasteiger partial charge in [0, 0.05) is 23.1 Å². The fourth-order valence-electron chi connectivity index (χ4n) is 2.57. The molecule has 2 aromatic carbocycles. The Morgan fingerprint density at radius 3 is 2.73 bits per heavy atom. The van der Waals surface area contributed by atoms with Crippen LogP contribution in [0.1, 0.15) is 29.2 Å². The van der Waals surface area contributed by atoms with E-state index in [-0.39, 0.29) is 5.91 Å². The molecule has 2 aromatic rings. The van der Waals surface area contributed by atoms with Crippen LogP contribution in [-0.2, 0) is 10.5 Å². The standard InChI is InChI=1S/C21H26ClNO2S/c1-14-10-15(2)16(3)20(11-14)25-17(4)21(24)23-8-9-26-13-18-6-5-7-19(22)12-18/h5-7,10-12,17H,8-9,13H2,1-4H3,(H,23,24)/t17-/m1/s1. The summed E-state index contributed by atoms with van der Waals surface area (Å²) >= 11 is 7.74. The minimum Gasteiger partial charge on any atom is -0.481 e. The molecular formula is C21H26ClNO2S. The summed E-state index contributed by atoms with van der Waals surface area (Å²) in [5.74, 6) is 2.41. The lowest BCUT2D eigenvalue weighted by Crippen LogP contribution is -2.37. The minimum absolute atomic E-state index is 0.0908. The molecule has 5 heteroatoms. The zero-order chi connectivity index (χ0) is 19.1. The van der Waals surface area contributed by atoms with Crippen LogP contribution in [0.3, 0.4) is 0 Å².